The third-order valence-corrected chi connectivity index (χ3v) is 4.43. The van der Waals surface area contributed by atoms with Crippen molar-refractivity contribution in [2.45, 2.75) is 38.6 Å². The zero-order valence-corrected chi connectivity index (χ0v) is 11.5. The lowest BCUT2D eigenvalue weighted by Gasteiger charge is -2.24. The second kappa shape index (κ2) is 4.84. The summed E-state index contributed by atoms with van der Waals surface area (Å²) in [6.07, 6.45) is 7.32. The first kappa shape index (κ1) is 11.9. The summed E-state index contributed by atoms with van der Waals surface area (Å²) in [5.74, 6) is 2.59. The van der Waals surface area contributed by atoms with Crippen molar-refractivity contribution in [2.75, 3.05) is 5.32 Å². The lowest BCUT2D eigenvalue weighted by atomic mass is 9.96. The van der Waals surface area contributed by atoms with Gasteiger partial charge in [-0.3, -0.25) is 0 Å². The topological polar surface area (TPSA) is 37.0 Å². The monoisotopic (exact) mass is 261 g/mol. The molecule has 0 spiro atoms. The minimum atomic E-state index is 0.578. The van der Waals surface area contributed by atoms with Crippen molar-refractivity contribution >= 4 is 23.1 Å². The Morgan fingerprint density at radius 2 is 2.22 bits per heavy atom. The van der Waals surface area contributed by atoms with Gasteiger partial charge in [-0.15, -0.1) is 0 Å². The Bertz CT molecular complexity index is 443. The molecule has 3 nitrogen and oxygen atoms in total. The molecule has 96 valence electrons. The molecule has 0 radical (unpaired) electrons. The van der Waals surface area contributed by atoms with E-state index in [4.69, 9.17) is 12.2 Å². The number of aryl methyl sites for hydroxylation is 1. The molecule has 3 rings (SSSR count). The standard InChI is InChI=1S/C14H19N3S/c1-9-2-5-13(15-8-9)17-14(18)16-12-7-10-3-4-11(12)6-10/h2,5,8,10-12H,3-4,6-7H2,1H3,(H2,15,16,17,18). The van der Waals surface area contributed by atoms with Gasteiger partial charge >= 0.3 is 0 Å². The van der Waals surface area contributed by atoms with Gasteiger partial charge in [-0.25, -0.2) is 4.98 Å². The number of anilines is 1. The molecular weight excluding hydrogens is 242 g/mol. The number of hydrogen-bond donors (Lipinski definition) is 2. The van der Waals surface area contributed by atoms with Crippen molar-refractivity contribution in [2.24, 2.45) is 11.8 Å². The number of fused-ring (bicyclic) bond motifs is 2. The van der Waals surface area contributed by atoms with E-state index in [0.29, 0.717) is 11.2 Å². The Balaban J connectivity index is 1.54. The fourth-order valence-corrected chi connectivity index (χ4v) is 3.54. The number of pyridine rings is 1. The van der Waals surface area contributed by atoms with E-state index in [0.717, 1.165) is 23.2 Å². The number of hydrogen-bond acceptors (Lipinski definition) is 2. The predicted octanol–water partition coefficient (Wildman–Crippen LogP) is 2.87. The summed E-state index contributed by atoms with van der Waals surface area (Å²) in [7, 11) is 0. The van der Waals surface area contributed by atoms with Crippen molar-refractivity contribution in [1.82, 2.24) is 10.3 Å². The highest BCUT2D eigenvalue weighted by Gasteiger charge is 2.39. The van der Waals surface area contributed by atoms with E-state index in [1.165, 1.54) is 25.7 Å². The summed E-state index contributed by atoms with van der Waals surface area (Å²) in [5, 5.41) is 7.33. The van der Waals surface area contributed by atoms with E-state index in [2.05, 4.69) is 15.6 Å². The Morgan fingerprint density at radius 1 is 1.33 bits per heavy atom. The van der Waals surface area contributed by atoms with Crippen LogP contribution in [-0.4, -0.2) is 16.1 Å². The minimum absolute atomic E-state index is 0.578. The van der Waals surface area contributed by atoms with Crippen molar-refractivity contribution < 1.29 is 0 Å². The van der Waals surface area contributed by atoms with Gasteiger partial charge in [0.25, 0.3) is 0 Å². The fraction of sp³-hybridized carbons (Fsp3) is 0.571. The molecule has 1 aromatic heterocycles. The second-order valence-corrected chi connectivity index (χ2v) is 6.01. The van der Waals surface area contributed by atoms with Crippen LogP contribution in [0.1, 0.15) is 31.2 Å². The smallest absolute Gasteiger partial charge is 0.172 e. The summed E-state index contributed by atoms with van der Waals surface area (Å²) in [6, 6.07) is 4.58. The molecule has 2 bridgehead atoms. The first-order valence-electron chi connectivity index (χ1n) is 6.71. The molecule has 3 atom stereocenters. The molecule has 0 aromatic carbocycles. The zero-order chi connectivity index (χ0) is 12.5. The van der Waals surface area contributed by atoms with E-state index in [1.807, 2.05) is 25.3 Å². The summed E-state index contributed by atoms with van der Waals surface area (Å²) in [4.78, 5) is 4.30. The Morgan fingerprint density at radius 3 is 2.83 bits per heavy atom. The van der Waals surface area contributed by atoms with Crippen LogP contribution in [0.5, 0.6) is 0 Å². The van der Waals surface area contributed by atoms with E-state index in [1.54, 1.807) is 0 Å². The average Bonchev–Trinajstić information content (AvgIpc) is 2.94. The summed E-state index contributed by atoms with van der Waals surface area (Å²) >= 11 is 5.36. The molecule has 18 heavy (non-hydrogen) atoms. The number of rotatable bonds is 2. The lowest BCUT2D eigenvalue weighted by molar-refractivity contribution is 0.392. The Labute approximate surface area is 113 Å². The third kappa shape index (κ3) is 2.48. The zero-order valence-electron chi connectivity index (χ0n) is 10.6. The Hall–Kier alpha value is -1.16. The van der Waals surface area contributed by atoms with Gasteiger partial charge in [0.2, 0.25) is 0 Å². The molecule has 1 aromatic rings. The molecule has 2 aliphatic carbocycles. The summed E-state index contributed by atoms with van der Waals surface area (Å²) < 4.78 is 0. The molecule has 2 aliphatic rings. The molecule has 4 heteroatoms. The summed E-state index contributed by atoms with van der Waals surface area (Å²) in [6.45, 7) is 2.03. The molecule has 1 heterocycles. The first-order valence-corrected chi connectivity index (χ1v) is 7.12. The van der Waals surface area contributed by atoms with Crippen LogP contribution in [0.15, 0.2) is 18.3 Å². The molecule has 0 saturated heterocycles. The van der Waals surface area contributed by atoms with Gasteiger partial charge in [0.15, 0.2) is 5.11 Å². The van der Waals surface area contributed by atoms with Crippen molar-refractivity contribution in [3.05, 3.63) is 23.9 Å². The van der Waals surface area contributed by atoms with Crippen LogP contribution in [0, 0.1) is 18.8 Å². The largest absolute Gasteiger partial charge is 0.359 e. The van der Waals surface area contributed by atoms with E-state index in [-0.39, 0.29) is 0 Å². The van der Waals surface area contributed by atoms with Crippen molar-refractivity contribution in [1.29, 1.82) is 0 Å². The van der Waals surface area contributed by atoms with Crippen LogP contribution in [0.2, 0.25) is 0 Å². The van der Waals surface area contributed by atoms with Crippen molar-refractivity contribution in [3.8, 4) is 0 Å². The van der Waals surface area contributed by atoms with E-state index < -0.39 is 0 Å². The lowest BCUT2D eigenvalue weighted by Crippen LogP contribution is -2.40. The van der Waals surface area contributed by atoms with Crippen LogP contribution < -0.4 is 10.6 Å². The van der Waals surface area contributed by atoms with Gasteiger partial charge < -0.3 is 10.6 Å². The maximum atomic E-state index is 5.36. The molecule has 3 unspecified atom stereocenters. The molecule has 2 saturated carbocycles. The van der Waals surface area contributed by atoms with Gasteiger partial charge in [0.1, 0.15) is 5.82 Å². The molecule has 2 fully saturated rings. The highest BCUT2D eigenvalue weighted by atomic mass is 32.1. The Kier molecular flexibility index (Phi) is 3.20. The summed E-state index contributed by atoms with van der Waals surface area (Å²) in [5.41, 5.74) is 1.16. The van der Waals surface area contributed by atoms with Crippen LogP contribution in [0.3, 0.4) is 0 Å². The SMILES string of the molecule is Cc1ccc(NC(=S)NC2CC3CCC2C3)nc1. The highest BCUT2D eigenvalue weighted by molar-refractivity contribution is 7.80. The number of aromatic nitrogens is 1. The second-order valence-electron chi connectivity index (χ2n) is 5.60. The molecule has 0 amide bonds. The van der Waals surface area contributed by atoms with E-state index in [9.17, 15) is 0 Å². The average molecular weight is 261 g/mol. The van der Waals surface area contributed by atoms with Crippen LogP contribution in [0.4, 0.5) is 5.82 Å². The maximum absolute atomic E-state index is 5.36. The van der Waals surface area contributed by atoms with Gasteiger partial charge in [-0.1, -0.05) is 12.5 Å². The van der Waals surface area contributed by atoms with Crippen LogP contribution in [0.25, 0.3) is 0 Å². The predicted molar refractivity (Wildman–Crippen MR) is 77.6 cm³/mol. The number of nitrogens with zero attached hydrogens (tertiary/aromatic N) is 1. The van der Waals surface area contributed by atoms with Gasteiger partial charge in [-0.05, 0) is 61.9 Å². The number of thiocarbonyl (C=S) groups is 1. The minimum Gasteiger partial charge on any atom is -0.359 e. The van der Waals surface area contributed by atoms with E-state index >= 15 is 0 Å². The molecule has 2 N–H and O–H groups in total. The van der Waals surface area contributed by atoms with Crippen LogP contribution in [-0.2, 0) is 0 Å². The van der Waals surface area contributed by atoms with Gasteiger partial charge in [0, 0.05) is 12.2 Å². The van der Waals surface area contributed by atoms with Gasteiger partial charge in [0.05, 0.1) is 0 Å². The molecular formula is C14H19N3S. The fourth-order valence-electron chi connectivity index (χ4n) is 3.28. The quantitative estimate of drug-likeness (QED) is 0.803. The van der Waals surface area contributed by atoms with Crippen LogP contribution >= 0.6 is 12.2 Å². The third-order valence-electron chi connectivity index (χ3n) is 4.21. The number of nitrogens with one attached hydrogen (secondary N) is 2. The first-order chi connectivity index (χ1) is 8.70. The van der Waals surface area contributed by atoms with Gasteiger partial charge in [-0.2, -0.15) is 0 Å². The highest BCUT2D eigenvalue weighted by Crippen LogP contribution is 2.44. The maximum Gasteiger partial charge on any atom is 0.172 e. The molecule has 0 aliphatic heterocycles. The van der Waals surface area contributed by atoms with Crippen molar-refractivity contribution in [3.63, 3.8) is 0 Å². The normalized spacial score (nSPS) is 29.3.